The van der Waals surface area contributed by atoms with E-state index in [0.29, 0.717) is 11.4 Å². The van der Waals surface area contributed by atoms with Crippen molar-refractivity contribution in [2.45, 2.75) is 40.5 Å². The van der Waals surface area contributed by atoms with Crippen LogP contribution in [-0.4, -0.2) is 30.1 Å². The molecule has 1 aliphatic rings. The van der Waals surface area contributed by atoms with Gasteiger partial charge in [-0.25, -0.2) is 4.79 Å². The topological polar surface area (TPSA) is 88.1 Å². The molecule has 7 heteroatoms. The lowest BCUT2D eigenvalue weighted by molar-refractivity contribution is -0.140. The molecule has 30 heavy (non-hydrogen) atoms. The number of esters is 1. The van der Waals surface area contributed by atoms with Crippen molar-refractivity contribution in [3.8, 4) is 0 Å². The third kappa shape index (κ3) is 4.92. The Bertz CT molecular complexity index is 1040. The van der Waals surface area contributed by atoms with E-state index in [1.165, 1.54) is 5.01 Å². The first-order valence-corrected chi connectivity index (χ1v) is 9.76. The van der Waals surface area contributed by atoms with Gasteiger partial charge in [-0.15, -0.1) is 0 Å². The van der Waals surface area contributed by atoms with Crippen LogP contribution < -0.4 is 10.3 Å². The van der Waals surface area contributed by atoms with Crippen molar-refractivity contribution < 1.29 is 19.1 Å². The molecule has 0 radical (unpaired) electrons. The van der Waals surface area contributed by atoms with Crippen LogP contribution in [0.4, 0.5) is 11.4 Å². The Balaban J connectivity index is 1.67. The molecule has 0 fully saturated rings. The molecular formula is C23H25N3O4. The van der Waals surface area contributed by atoms with E-state index in [-0.39, 0.29) is 24.5 Å². The van der Waals surface area contributed by atoms with Crippen LogP contribution in [0, 0.1) is 27.7 Å². The molecule has 156 valence electrons. The van der Waals surface area contributed by atoms with Gasteiger partial charge in [0.2, 0.25) is 5.91 Å². The molecule has 2 amide bonds. The van der Waals surface area contributed by atoms with E-state index < -0.39 is 18.5 Å². The average molecular weight is 407 g/mol. The van der Waals surface area contributed by atoms with Gasteiger partial charge in [-0.05, 0) is 62.1 Å². The number of aryl methyl sites for hydroxylation is 4. The number of hydrogen-bond acceptors (Lipinski definition) is 5. The molecule has 0 aromatic heterocycles. The van der Waals surface area contributed by atoms with Crippen LogP contribution in [0.25, 0.3) is 0 Å². The van der Waals surface area contributed by atoms with Gasteiger partial charge in [0.25, 0.3) is 5.91 Å². The van der Waals surface area contributed by atoms with Crippen LogP contribution in [0.1, 0.15) is 35.1 Å². The van der Waals surface area contributed by atoms with E-state index >= 15 is 0 Å². The second-order valence-corrected chi connectivity index (χ2v) is 7.48. The molecule has 0 atom stereocenters. The highest BCUT2D eigenvalue weighted by atomic mass is 16.5. The Kier molecular flexibility index (Phi) is 6.30. The molecule has 0 bridgehead atoms. The first kappa shape index (κ1) is 21.2. The number of hydrazone groups is 1. The van der Waals surface area contributed by atoms with Crippen LogP contribution in [0.3, 0.4) is 0 Å². The van der Waals surface area contributed by atoms with Gasteiger partial charge in [-0.3, -0.25) is 9.59 Å². The Morgan fingerprint density at radius 1 is 1.00 bits per heavy atom. The van der Waals surface area contributed by atoms with Crippen molar-refractivity contribution in [2.75, 3.05) is 16.9 Å². The fourth-order valence-corrected chi connectivity index (χ4v) is 3.11. The molecule has 1 heterocycles. The minimum absolute atomic E-state index is 0.120. The number of benzene rings is 2. The van der Waals surface area contributed by atoms with Gasteiger partial charge in [0, 0.05) is 18.5 Å². The SMILES string of the molecule is Cc1ccc(C)c(NC(=O)COC(=O)C2=NN(c3cc(C)ccc3C)C(=O)CC2)c1. The normalized spacial score (nSPS) is 13.7. The molecule has 1 aliphatic heterocycles. The van der Waals surface area contributed by atoms with Gasteiger partial charge in [0.05, 0.1) is 5.69 Å². The number of nitrogens with one attached hydrogen (secondary N) is 1. The van der Waals surface area contributed by atoms with Gasteiger partial charge in [0.1, 0.15) is 5.71 Å². The van der Waals surface area contributed by atoms with E-state index in [9.17, 15) is 14.4 Å². The summed E-state index contributed by atoms with van der Waals surface area (Å²) in [6.45, 7) is 7.19. The van der Waals surface area contributed by atoms with Crippen molar-refractivity contribution in [3.63, 3.8) is 0 Å². The second-order valence-electron chi connectivity index (χ2n) is 7.48. The van der Waals surface area contributed by atoms with Crippen LogP contribution in [0.15, 0.2) is 41.5 Å². The molecule has 3 rings (SSSR count). The number of amides is 2. The Hall–Kier alpha value is -3.48. The third-order valence-corrected chi connectivity index (χ3v) is 4.86. The number of ether oxygens (including phenoxy) is 1. The molecule has 0 spiro atoms. The third-order valence-electron chi connectivity index (χ3n) is 4.86. The van der Waals surface area contributed by atoms with Crippen molar-refractivity contribution >= 4 is 34.9 Å². The number of nitrogens with zero attached hydrogens (tertiary/aromatic N) is 2. The number of carbonyl (C=O) groups is 3. The second kappa shape index (κ2) is 8.90. The monoisotopic (exact) mass is 407 g/mol. The summed E-state index contributed by atoms with van der Waals surface area (Å²) >= 11 is 0. The molecule has 1 N–H and O–H groups in total. The Morgan fingerprint density at radius 2 is 1.67 bits per heavy atom. The predicted molar refractivity (Wildman–Crippen MR) is 116 cm³/mol. The first-order valence-electron chi connectivity index (χ1n) is 9.76. The van der Waals surface area contributed by atoms with Gasteiger partial charge < -0.3 is 10.1 Å². The van der Waals surface area contributed by atoms with Gasteiger partial charge in [0.15, 0.2) is 6.61 Å². The summed E-state index contributed by atoms with van der Waals surface area (Å²) in [5, 5.41) is 8.21. The van der Waals surface area contributed by atoms with Crippen molar-refractivity contribution in [1.82, 2.24) is 0 Å². The van der Waals surface area contributed by atoms with Crippen molar-refractivity contribution in [1.29, 1.82) is 0 Å². The lowest BCUT2D eigenvalue weighted by Gasteiger charge is -2.24. The summed E-state index contributed by atoms with van der Waals surface area (Å²) in [6.07, 6.45) is 0.327. The largest absolute Gasteiger partial charge is 0.451 e. The Morgan fingerprint density at radius 3 is 2.40 bits per heavy atom. The zero-order valence-electron chi connectivity index (χ0n) is 17.6. The van der Waals surface area contributed by atoms with E-state index in [1.54, 1.807) is 0 Å². The molecule has 0 aliphatic carbocycles. The van der Waals surface area contributed by atoms with Gasteiger partial charge in [-0.1, -0.05) is 24.3 Å². The number of rotatable bonds is 5. The van der Waals surface area contributed by atoms with Crippen molar-refractivity contribution in [3.05, 3.63) is 58.7 Å². The number of anilines is 2. The maximum atomic E-state index is 12.4. The fourth-order valence-electron chi connectivity index (χ4n) is 3.11. The quantitative estimate of drug-likeness (QED) is 0.768. The highest BCUT2D eigenvalue weighted by Crippen LogP contribution is 2.25. The molecule has 0 saturated carbocycles. The summed E-state index contributed by atoms with van der Waals surface area (Å²) in [5.74, 6) is -1.32. The highest BCUT2D eigenvalue weighted by molar-refractivity contribution is 6.38. The minimum atomic E-state index is -0.700. The number of carbonyl (C=O) groups excluding carboxylic acids is 3. The summed E-state index contributed by atoms with van der Waals surface area (Å²) in [6, 6.07) is 11.4. The smallest absolute Gasteiger partial charge is 0.355 e. The van der Waals surface area contributed by atoms with Crippen LogP contribution in [-0.2, 0) is 19.1 Å². The first-order chi connectivity index (χ1) is 14.2. The van der Waals surface area contributed by atoms with E-state index in [1.807, 2.05) is 64.1 Å². The maximum Gasteiger partial charge on any atom is 0.355 e. The van der Waals surface area contributed by atoms with E-state index in [2.05, 4.69) is 10.4 Å². The fraction of sp³-hybridized carbons (Fsp3) is 0.304. The molecule has 2 aromatic rings. The molecule has 7 nitrogen and oxygen atoms in total. The van der Waals surface area contributed by atoms with Crippen LogP contribution in [0.2, 0.25) is 0 Å². The van der Waals surface area contributed by atoms with Crippen LogP contribution in [0.5, 0.6) is 0 Å². The highest BCUT2D eigenvalue weighted by Gasteiger charge is 2.27. The summed E-state index contributed by atoms with van der Waals surface area (Å²) < 4.78 is 5.14. The van der Waals surface area contributed by atoms with E-state index in [4.69, 9.17) is 4.74 Å². The average Bonchev–Trinajstić information content (AvgIpc) is 2.71. The standard InChI is InChI=1S/C23H25N3O4/c1-14-5-7-16(3)19(11-14)24-21(27)13-30-23(29)18-9-10-22(28)26(25-18)20-12-15(2)6-8-17(20)4/h5-8,11-12H,9-10,13H2,1-4H3,(H,24,27). The zero-order chi connectivity index (χ0) is 21.8. The molecule has 0 unspecified atom stereocenters. The molecular weight excluding hydrogens is 382 g/mol. The van der Waals surface area contributed by atoms with Gasteiger partial charge >= 0.3 is 5.97 Å². The molecule has 2 aromatic carbocycles. The summed E-state index contributed by atoms with van der Waals surface area (Å²) in [5.41, 5.74) is 5.22. The van der Waals surface area contributed by atoms with Crippen molar-refractivity contribution in [2.24, 2.45) is 5.10 Å². The van der Waals surface area contributed by atoms with Crippen LogP contribution >= 0.6 is 0 Å². The predicted octanol–water partition coefficient (Wildman–Crippen LogP) is 3.58. The van der Waals surface area contributed by atoms with E-state index in [0.717, 1.165) is 22.3 Å². The number of hydrogen-bond donors (Lipinski definition) is 1. The maximum absolute atomic E-state index is 12.4. The zero-order valence-corrected chi connectivity index (χ0v) is 17.6. The lowest BCUT2D eigenvalue weighted by atomic mass is 10.1. The summed E-state index contributed by atoms with van der Waals surface area (Å²) in [4.78, 5) is 37.0. The summed E-state index contributed by atoms with van der Waals surface area (Å²) in [7, 11) is 0. The molecule has 0 saturated heterocycles. The Labute approximate surface area is 175 Å². The lowest BCUT2D eigenvalue weighted by Crippen LogP contribution is -2.36. The van der Waals surface area contributed by atoms with Gasteiger partial charge in [-0.2, -0.15) is 10.1 Å². The minimum Gasteiger partial charge on any atom is -0.451 e.